The van der Waals surface area contributed by atoms with Crippen LogP contribution >= 0.6 is 0 Å². The Morgan fingerprint density at radius 1 is 0.927 bits per heavy atom. The maximum absolute atomic E-state index is 13.8. The van der Waals surface area contributed by atoms with Crippen LogP contribution in [0.5, 0.6) is 0 Å². The largest absolute Gasteiger partial charge is 0.416 e. The maximum atomic E-state index is 13.8. The minimum Gasteiger partial charge on any atom is -0.381 e. The van der Waals surface area contributed by atoms with Crippen LogP contribution in [-0.4, -0.2) is 50.6 Å². The van der Waals surface area contributed by atoms with E-state index in [9.17, 15) is 30.7 Å². The fourth-order valence-corrected chi connectivity index (χ4v) is 6.36. The molecule has 3 heterocycles. The van der Waals surface area contributed by atoms with Gasteiger partial charge in [0.15, 0.2) is 6.29 Å². The van der Waals surface area contributed by atoms with Crippen molar-refractivity contribution in [1.29, 1.82) is 0 Å². The number of alkyl halides is 6. The zero-order valence-corrected chi connectivity index (χ0v) is 22.7. The molecule has 1 spiro atoms. The van der Waals surface area contributed by atoms with Gasteiger partial charge in [-0.2, -0.15) is 26.3 Å². The number of halogens is 7. The Kier molecular flexibility index (Phi) is 8.72. The summed E-state index contributed by atoms with van der Waals surface area (Å²) >= 11 is 0. The van der Waals surface area contributed by atoms with E-state index in [0.717, 1.165) is 57.7 Å². The van der Waals surface area contributed by atoms with Crippen molar-refractivity contribution in [1.82, 2.24) is 4.90 Å². The number of likely N-dealkylation sites (tertiary alicyclic amines) is 1. The molecule has 2 aromatic rings. The number of hydrogen-bond donors (Lipinski definition) is 0. The van der Waals surface area contributed by atoms with Gasteiger partial charge in [0.2, 0.25) is 0 Å². The normalized spacial score (nSPS) is 26.4. The van der Waals surface area contributed by atoms with Crippen molar-refractivity contribution in [2.24, 2.45) is 11.3 Å². The van der Waals surface area contributed by atoms with Crippen LogP contribution in [0.4, 0.5) is 30.7 Å². The molecule has 4 atom stereocenters. The van der Waals surface area contributed by atoms with E-state index in [-0.39, 0.29) is 23.0 Å². The van der Waals surface area contributed by atoms with Crippen molar-refractivity contribution >= 4 is 0 Å². The van der Waals surface area contributed by atoms with E-state index in [2.05, 4.69) is 4.90 Å². The van der Waals surface area contributed by atoms with Gasteiger partial charge in [0, 0.05) is 19.1 Å². The predicted molar refractivity (Wildman–Crippen MR) is 136 cm³/mol. The molecule has 0 aromatic heterocycles. The van der Waals surface area contributed by atoms with Gasteiger partial charge in [-0.1, -0.05) is 12.1 Å². The molecule has 0 radical (unpaired) electrons. The molecule has 4 nitrogen and oxygen atoms in total. The molecule has 0 bridgehead atoms. The fourth-order valence-electron chi connectivity index (χ4n) is 6.36. The number of piperidine rings is 1. The van der Waals surface area contributed by atoms with Gasteiger partial charge in [0.1, 0.15) is 5.82 Å². The van der Waals surface area contributed by atoms with E-state index >= 15 is 0 Å². The summed E-state index contributed by atoms with van der Waals surface area (Å²) in [5.41, 5.74) is -2.07. The maximum Gasteiger partial charge on any atom is 0.416 e. The summed E-state index contributed by atoms with van der Waals surface area (Å²) in [6.07, 6.45) is -8.19. The van der Waals surface area contributed by atoms with Crippen LogP contribution in [0.1, 0.15) is 66.9 Å². The van der Waals surface area contributed by atoms with E-state index in [4.69, 9.17) is 14.2 Å². The summed E-state index contributed by atoms with van der Waals surface area (Å²) in [4.78, 5) is 2.39. The lowest BCUT2D eigenvalue weighted by Gasteiger charge is -2.44. The Morgan fingerprint density at radius 2 is 1.56 bits per heavy atom. The smallest absolute Gasteiger partial charge is 0.381 e. The standard InChI is InChI=1S/C30H34F7NO3/c1-19(22-14-23(29(32,33)34)16-24(15-22)30(35,36)37)41-27-26(20-2-4-25(31)5-3-20)21(6-12-40-27)17-38-10-7-28(8-11-38)9-13-39-18-28/h2-5,14-16,19,21,26-27H,6-13,17-18H2,1H3. The zero-order chi connectivity index (χ0) is 29.4. The highest BCUT2D eigenvalue weighted by atomic mass is 19.4. The van der Waals surface area contributed by atoms with E-state index in [1.54, 1.807) is 12.1 Å². The van der Waals surface area contributed by atoms with Crippen molar-refractivity contribution in [3.05, 3.63) is 70.5 Å². The molecule has 3 aliphatic rings. The van der Waals surface area contributed by atoms with Crippen LogP contribution in [-0.2, 0) is 26.6 Å². The Bertz CT molecular complexity index is 1140. The Balaban J connectivity index is 1.38. The second-order valence-corrected chi connectivity index (χ2v) is 11.6. The van der Waals surface area contributed by atoms with Gasteiger partial charge in [0.05, 0.1) is 30.4 Å². The minimum atomic E-state index is -4.96. The van der Waals surface area contributed by atoms with Crippen molar-refractivity contribution in [2.45, 2.75) is 63.3 Å². The van der Waals surface area contributed by atoms with Gasteiger partial charge in [-0.05, 0) is 98.5 Å². The molecule has 3 saturated heterocycles. The van der Waals surface area contributed by atoms with Crippen LogP contribution in [0.2, 0.25) is 0 Å². The molecule has 41 heavy (non-hydrogen) atoms. The first-order valence-electron chi connectivity index (χ1n) is 14.0. The SMILES string of the molecule is CC(OC1OCCC(CN2CCC3(CCOC3)CC2)C1c1ccc(F)cc1)c1cc(C(F)(F)F)cc(C(F)(F)F)c1. The fraction of sp³-hybridized carbons (Fsp3) is 0.600. The Labute approximate surface area is 234 Å². The summed E-state index contributed by atoms with van der Waals surface area (Å²) < 4.78 is 112. The molecule has 11 heteroatoms. The zero-order valence-electron chi connectivity index (χ0n) is 22.7. The average Bonchev–Trinajstić information content (AvgIpc) is 3.38. The Hall–Kier alpha value is -2.21. The topological polar surface area (TPSA) is 30.9 Å². The number of ether oxygens (including phenoxy) is 3. The van der Waals surface area contributed by atoms with Gasteiger partial charge in [-0.15, -0.1) is 0 Å². The minimum absolute atomic E-state index is 0.0209. The molecule has 3 aliphatic heterocycles. The summed E-state index contributed by atoms with van der Waals surface area (Å²) in [6.45, 7) is 5.85. The Morgan fingerprint density at radius 3 is 2.12 bits per heavy atom. The number of nitrogens with zero attached hydrogens (tertiary/aromatic N) is 1. The molecule has 226 valence electrons. The van der Waals surface area contributed by atoms with Gasteiger partial charge < -0.3 is 19.1 Å². The molecule has 2 aromatic carbocycles. The highest BCUT2D eigenvalue weighted by Crippen LogP contribution is 2.43. The first-order chi connectivity index (χ1) is 19.3. The summed E-state index contributed by atoms with van der Waals surface area (Å²) in [6, 6.07) is 7.40. The molecular formula is C30H34F7NO3. The van der Waals surface area contributed by atoms with Gasteiger partial charge in [-0.3, -0.25) is 0 Å². The van der Waals surface area contributed by atoms with Crippen molar-refractivity contribution in [3.8, 4) is 0 Å². The van der Waals surface area contributed by atoms with E-state index < -0.39 is 47.6 Å². The van der Waals surface area contributed by atoms with Crippen LogP contribution < -0.4 is 0 Å². The first-order valence-corrected chi connectivity index (χ1v) is 14.0. The average molecular weight is 590 g/mol. The molecule has 0 aliphatic carbocycles. The molecular weight excluding hydrogens is 555 g/mol. The molecule has 0 saturated carbocycles. The van der Waals surface area contributed by atoms with Gasteiger partial charge in [-0.25, -0.2) is 4.39 Å². The van der Waals surface area contributed by atoms with Crippen molar-refractivity contribution in [2.75, 3.05) is 39.5 Å². The highest BCUT2D eigenvalue weighted by Gasteiger charge is 2.42. The van der Waals surface area contributed by atoms with Gasteiger partial charge >= 0.3 is 12.4 Å². The quantitative estimate of drug-likeness (QED) is 0.325. The van der Waals surface area contributed by atoms with Crippen LogP contribution in [0.15, 0.2) is 42.5 Å². The number of benzene rings is 2. The molecule has 5 rings (SSSR count). The van der Waals surface area contributed by atoms with E-state index in [1.165, 1.54) is 19.1 Å². The lowest BCUT2D eigenvalue weighted by molar-refractivity contribution is -0.210. The second-order valence-electron chi connectivity index (χ2n) is 11.6. The second kappa shape index (κ2) is 11.8. The number of rotatable bonds is 6. The van der Waals surface area contributed by atoms with Gasteiger partial charge in [0.25, 0.3) is 0 Å². The third kappa shape index (κ3) is 7.06. The van der Waals surface area contributed by atoms with E-state index in [0.29, 0.717) is 25.2 Å². The van der Waals surface area contributed by atoms with Crippen molar-refractivity contribution in [3.63, 3.8) is 0 Å². The molecule has 3 fully saturated rings. The third-order valence-electron chi connectivity index (χ3n) is 8.84. The summed E-state index contributed by atoms with van der Waals surface area (Å²) in [7, 11) is 0. The molecule has 0 amide bonds. The highest BCUT2D eigenvalue weighted by molar-refractivity contribution is 5.35. The third-order valence-corrected chi connectivity index (χ3v) is 8.84. The monoisotopic (exact) mass is 589 g/mol. The van der Waals surface area contributed by atoms with Crippen LogP contribution in [0, 0.1) is 17.2 Å². The summed E-state index contributed by atoms with van der Waals surface area (Å²) in [5, 5.41) is 0. The predicted octanol–water partition coefficient (Wildman–Crippen LogP) is 7.59. The first kappa shape index (κ1) is 30.3. The lowest BCUT2D eigenvalue weighted by Crippen LogP contribution is -2.46. The van der Waals surface area contributed by atoms with Crippen LogP contribution in [0.3, 0.4) is 0 Å². The lowest BCUT2D eigenvalue weighted by atomic mass is 9.77. The molecule has 0 N–H and O–H groups in total. The van der Waals surface area contributed by atoms with Crippen LogP contribution in [0.25, 0.3) is 0 Å². The summed E-state index contributed by atoms with van der Waals surface area (Å²) in [5.74, 6) is -0.797. The van der Waals surface area contributed by atoms with Crippen molar-refractivity contribution < 1.29 is 44.9 Å². The molecule has 4 unspecified atom stereocenters. The number of hydrogen-bond acceptors (Lipinski definition) is 4. The van der Waals surface area contributed by atoms with E-state index in [1.807, 2.05) is 0 Å².